The van der Waals surface area contributed by atoms with Gasteiger partial charge in [0.2, 0.25) is 5.60 Å². The zero-order valence-corrected chi connectivity index (χ0v) is 9.83. The van der Waals surface area contributed by atoms with Gasteiger partial charge in [-0.1, -0.05) is 22.0 Å². The molecule has 1 aromatic rings. The Morgan fingerprint density at radius 1 is 1.38 bits per heavy atom. The van der Waals surface area contributed by atoms with E-state index >= 15 is 0 Å². The van der Waals surface area contributed by atoms with Gasteiger partial charge >= 0.3 is 6.09 Å². The van der Waals surface area contributed by atoms with Gasteiger partial charge in [-0.05, 0) is 24.1 Å². The molecule has 4 nitrogen and oxygen atoms in total. The summed E-state index contributed by atoms with van der Waals surface area (Å²) in [4.78, 5) is 22.9. The van der Waals surface area contributed by atoms with E-state index in [-0.39, 0.29) is 5.91 Å². The topological polar surface area (TPSA) is 55.4 Å². The van der Waals surface area contributed by atoms with Crippen LogP contribution in [0.4, 0.5) is 4.79 Å². The lowest BCUT2D eigenvalue weighted by atomic mass is 9.95. The number of aryl methyl sites for hydroxylation is 1. The van der Waals surface area contributed by atoms with E-state index in [2.05, 4.69) is 21.2 Å². The molecule has 1 heterocycles. The average molecular weight is 282 g/mol. The first kappa shape index (κ1) is 9.84. The lowest BCUT2D eigenvalue weighted by molar-refractivity contribution is -0.131. The molecule has 1 atom stereocenters. The van der Waals surface area contributed by atoms with Crippen molar-refractivity contribution in [1.29, 1.82) is 0 Å². The van der Waals surface area contributed by atoms with Gasteiger partial charge in [0.15, 0.2) is 0 Å². The minimum Gasteiger partial charge on any atom is -0.427 e. The van der Waals surface area contributed by atoms with E-state index in [1.165, 1.54) is 0 Å². The fraction of sp³-hybridized carbons (Fsp3) is 0.273. The van der Waals surface area contributed by atoms with Crippen LogP contribution in [0.3, 0.4) is 0 Å². The minimum absolute atomic E-state index is 0.349. The van der Waals surface area contributed by atoms with Gasteiger partial charge in [0.25, 0.3) is 5.91 Å². The fourth-order valence-corrected chi connectivity index (χ4v) is 2.78. The molecule has 1 aromatic carbocycles. The number of nitrogens with one attached hydrogen (secondary N) is 1. The van der Waals surface area contributed by atoms with Gasteiger partial charge in [0, 0.05) is 16.5 Å². The zero-order chi connectivity index (χ0) is 11.3. The molecule has 1 aliphatic carbocycles. The molecule has 1 spiro atoms. The minimum atomic E-state index is -1.08. The van der Waals surface area contributed by atoms with Crippen molar-refractivity contribution in [2.75, 3.05) is 0 Å². The van der Waals surface area contributed by atoms with Crippen molar-refractivity contribution in [2.24, 2.45) is 0 Å². The monoisotopic (exact) mass is 281 g/mol. The molecule has 2 aliphatic rings. The van der Waals surface area contributed by atoms with E-state index in [9.17, 15) is 9.59 Å². The van der Waals surface area contributed by atoms with Crippen LogP contribution < -0.4 is 5.32 Å². The number of imide groups is 1. The van der Waals surface area contributed by atoms with Crippen molar-refractivity contribution in [3.8, 4) is 0 Å². The van der Waals surface area contributed by atoms with Crippen molar-refractivity contribution in [3.05, 3.63) is 33.8 Å². The summed E-state index contributed by atoms with van der Waals surface area (Å²) in [5, 5.41) is 2.19. The van der Waals surface area contributed by atoms with Gasteiger partial charge in [-0.2, -0.15) is 0 Å². The highest BCUT2D eigenvalue weighted by Crippen LogP contribution is 2.43. The first-order valence-corrected chi connectivity index (χ1v) is 5.74. The lowest BCUT2D eigenvalue weighted by Crippen LogP contribution is -2.34. The lowest BCUT2D eigenvalue weighted by Gasteiger charge is -2.19. The standard InChI is InChI=1S/C11H8BrNO3/c12-7-1-2-8-6(5-7)3-4-11(8)9(14)13-10(15)16-11/h1-2,5H,3-4H2,(H,13,14,15)/t11-/m1/s1. The van der Waals surface area contributed by atoms with Gasteiger partial charge in [0.1, 0.15) is 0 Å². The highest BCUT2D eigenvalue weighted by molar-refractivity contribution is 9.10. The maximum atomic E-state index is 11.8. The summed E-state index contributed by atoms with van der Waals surface area (Å²) in [6.07, 6.45) is 0.618. The van der Waals surface area contributed by atoms with Crippen molar-refractivity contribution in [1.82, 2.24) is 5.32 Å². The molecule has 0 saturated carbocycles. The number of ether oxygens (including phenoxy) is 1. The van der Waals surface area contributed by atoms with Crippen molar-refractivity contribution < 1.29 is 14.3 Å². The van der Waals surface area contributed by atoms with E-state index in [4.69, 9.17) is 4.74 Å². The third kappa shape index (κ3) is 1.15. The second-order valence-corrected chi connectivity index (χ2v) is 4.89. The third-order valence-electron chi connectivity index (χ3n) is 3.10. The molecule has 0 bridgehead atoms. The normalized spacial score (nSPS) is 26.8. The number of rotatable bonds is 0. The molecule has 3 rings (SSSR count). The zero-order valence-electron chi connectivity index (χ0n) is 8.25. The Morgan fingerprint density at radius 3 is 2.88 bits per heavy atom. The number of alkyl carbamates (subject to hydrolysis) is 1. The van der Waals surface area contributed by atoms with Crippen LogP contribution in [0.2, 0.25) is 0 Å². The molecule has 0 radical (unpaired) electrons. The molecule has 0 unspecified atom stereocenters. The first-order chi connectivity index (χ1) is 7.62. The number of hydrogen-bond acceptors (Lipinski definition) is 3. The molecular weight excluding hydrogens is 274 g/mol. The molecule has 0 aromatic heterocycles. The number of benzene rings is 1. The van der Waals surface area contributed by atoms with Crippen LogP contribution in [0, 0.1) is 0 Å². The Hall–Kier alpha value is -1.36. The van der Waals surface area contributed by atoms with Gasteiger partial charge < -0.3 is 4.74 Å². The van der Waals surface area contributed by atoms with Gasteiger partial charge in [-0.25, -0.2) is 4.79 Å². The van der Waals surface area contributed by atoms with Crippen LogP contribution >= 0.6 is 15.9 Å². The van der Waals surface area contributed by atoms with Crippen molar-refractivity contribution >= 4 is 27.9 Å². The van der Waals surface area contributed by atoms with Crippen molar-refractivity contribution in [2.45, 2.75) is 18.4 Å². The number of carbonyl (C=O) groups is 2. The summed E-state index contributed by atoms with van der Waals surface area (Å²) in [5.74, 6) is -0.349. The maximum absolute atomic E-state index is 11.8. The summed E-state index contributed by atoms with van der Waals surface area (Å²) in [5.41, 5.74) is 0.783. The predicted molar refractivity (Wildman–Crippen MR) is 58.8 cm³/mol. The number of halogens is 1. The maximum Gasteiger partial charge on any atom is 0.415 e. The Kier molecular flexibility index (Phi) is 1.89. The highest BCUT2D eigenvalue weighted by Gasteiger charge is 2.53. The van der Waals surface area contributed by atoms with E-state index in [0.717, 1.165) is 22.0 Å². The molecule has 82 valence electrons. The number of amides is 2. The summed E-state index contributed by atoms with van der Waals surface area (Å²) < 4.78 is 6.14. The smallest absolute Gasteiger partial charge is 0.415 e. The van der Waals surface area contributed by atoms with Crippen LogP contribution in [0.5, 0.6) is 0 Å². The summed E-state index contributed by atoms with van der Waals surface area (Å²) in [6, 6.07) is 5.65. The predicted octanol–water partition coefficient (Wildman–Crippen LogP) is 1.86. The van der Waals surface area contributed by atoms with Crippen LogP contribution in [-0.2, 0) is 21.6 Å². The molecule has 16 heavy (non-hydrogen) atoms. The molecule has 1 fully saturated rings. The van der Waals surface area contributed by atoms with Crippen LogP contribution in [0.1, 0.15) is 17.5 Å². The summed E-state index contributed by atoms with van der Waals surface area (Å²) >= 11 is 3.38. The Labute approximate surface area is 100 Å². The quantitative estimate of drug-likeness (QED) is 0.790. The molecule has 1 aliphatic heterocycles. The molecule has 1 saturated heterocycles. The average Bonchev–Trinajstić information content (AvgIpc) is 2.70. The van der Waals surface area contributed by atoms with E-state index in [0.29, 0.717) is 6.42 Å². The highest BCUT2D eigenvalue weighted by atomic mass is 79.9. The van der Waals surface area contributed by atoms with Gasteiger partial charge in [0.05, 0.1) is 0 Å². The van der Waals surface area contributed by atoms with Gasteiger partial charge in [-0.15, -0.1) is 0 Å². The van der Waals surface area contributed by atoms with E-state index in [1.807, 2.05) is 18.2 Å². The number of carbonyl (C=O) groups excluding carboxylic acids is 2. The first-order valence-electron chi connectivity index (χ1n) is 4.95. The van der Waals surface area contributed by atoms with Crippen LogP contribution in [0.15, 0.2) is 22.7 Å². The second kappa shape index (κ2) is 3.07. The third-order valence-corrected chi connectivity index (χ3v) is 3.59. The number of hydrogen-bond donors (Lipinski definition) is 1. The SMILES string of the molecule is O=C1NC(=O)[C@]2(CCc3cc(Br)ccc32)O1. The summed E-state index contributed by atoms with van der Waals surface area (Å²) in [7, 11) is 0. The molecule has 5 heteroatoms. The van der Waals surface area contributed by atoms with Crippen molar-refractivity contribution in [3.63, 3.8) is 0 Å². The fourth-order valence-electron chi connectivity index (χ4n) is 2.37. The van der Waals surface area contributed by atoms with Gasteiger partial charge in [-0.3, -0.25) is 10.1 Å². The Balaban J connectivity index is 2.15. The van der Waals surface area contributed by atoms with E-state index in [1.54, 1.807) is 0 Å². The second-order valence-electron chi connectivity index (χ2n) is 3.97. The molecule has 2 amide bonds. The number of fused-ring (bicyclic) bond motifs is 2. The van der Waals surface area contributed by atoms with Crippen LogP contribution in [-0.4, -0.2) is 12.0 Å². The van der Waals surface area contributed by atoms with Crippen LogP contribution in [0.25, 0.3) is 0 Å². The molecule has 1 N–H and O–H groups in total. The Bertz CT molecular complexity index is 514. The van der Waals surface area contributed by atoms with E-state index < -0.39 is 11.7 Å². The summed E-state index contributed by atoms with van der Waals surface area (Å²) in [6.45, 7) is 0. The molecular formula is C11H8BrNO3. The Morgan fingerprint density at radius 2 is 2.19 bits per heavy atom. The largest absolute Gasteiger partial charge is 0.427 e.